The van der Waals surface area contributed by atoms with Crippen LogP contribution in [-0.2, 0) is 0 Å². The van der Waals surface area contributed by atoms with Crippen molar-refractivity contribution in [2.45, 2.75) is 6.92 Å². The largest absolute Gasteiger partial charge is 0.366 e. The molecule has 0 bridgehead atoms. The molecule has 1 aliphatic heterocycles. The number of fused-ring (bicyclic) bond motifs is 1. The molecule has 1 heterocycles. The van der Waals surface area contributed by atoms with Crippen molar-refractivity contribution in [1.82, 2.24) is 0 Å². The van der Waals surface area contributed by atoms with Gasteiger partial charge in [-0.05, 0) is 25.1 Å². The molecular formula is C9H11BrN2. The van der Waals surface area contributed by atoms with Gasteiger partial charge in [0.1, 0.15) is 0 Å². The third-order valence-electron chi connectivity index (χ3n) is 2.14. The highest BCUT2D eigenvalue weighted by Gasteiger charge is 2.15. The first kappa shape index (κ1) is 7.92. The lowest BCUT2D eigenvalue weighted by molar-refractivity contribution is 0.911. The van der Waals surface area contributed by atoms with E-state index in [1.807, 2.05) is 0 Å². The Bertz CT molecular complexity index is 299. The van der Waals surface area contributed by atoms with Crippen LogP contribution in [0.1, 0.15) is 6.92 Å². The van der Waals surface area contributed by atoms with Crippen LogP contribution in [0, 0.1) is 0 Å². The van der Waals surface area contributed by atoms with E-state index in [2.05, 4.69) is 51.3 Å². The quantitative estimate of drug-likeness (QED) is 0.793. The average Bonchev–Trinajstić information content (AvgIpc) is 2.46. The summed E-state index contributed by atoms with van der Waals surface area (Å²) >= 11 is 3.45. The first-order valence-electron chi connectivity index (χ1n) is 4.09. The van der Waals surface area contributed by atoms with Crippen LogP contribution in [0.5, 0.6) is 0 Å². The van der Waals surface area contributed by atoms with E-state index in [4.69, 9.17) is 0 Å². The van der Waals surface area contributed by atoms with Gasteiger partial charge in [-0.2, -0.15) is 0 Å². The van der Waals surface area contributed by atoms with Crippen LogP contribution in [0.3, 0.4) is 0 Å². The fourth-order valence-corrected chi connectivity index (χ4v) is 1.83. The molecule has 0 spiro atoms. The summed E-state index contributed by atoms with van der Waals surface area (Å²) in [4.78, 5) is 2.31. The van der Waals surface area contributed by atoms with Crippen molar-refractivity contribution in [3.63, 3.8) is 0 Å². The van der Waals surface area contributed by atoms with Crippen molar-refractivity contribution < 1.29 is 0 Å². The highest BCUT2D eigenvalue weighted by atomic mass is 79.9. The predicted molar refractivity (Wildman–Crippen MR) is 55.7 cm³/mol. The van der Waals surface area contributed by atoms with Crippen molar-refractivity contribution in [2.75, 3.05) is 23.4 Å². The molecular weight excluding hydrogens is 216 g/mol. The third kappa shape index (κ3) is 1.18. The Morgan fingerprint density at radius 1 is 1.58 bits per heavy atom. The second-order valence-corrected chi connectivity index (χ2v) is 3.77. The molecule has 0 aliphatic carbocycles. The second-order valence-electron chi connectivity index (χ2n) is 2.85. The van der Waals surface area contributed by atoms with E-state index in [1.165, 1.54) is 11.4 Å². The van der Waals surface area contributed by atoms with Gasteiger partial charge in [0.05, 0.1) is 18.0 Å². The molecule has 1 aromatic carbocycles. The Labute approximate surface area is 80.7 Å². The van der Waals surface area contributed by atoms with Crippen molar-refractivity contribution in [3.8, 4) is 0 Å². The maximum Gasteiger partial charge on any atom is 0.0877 e. The Morgan fingerprint density at radius 3 is 3.17 bits per heavy atom. The van der Waals surface area contributed by atoms with Crippen LogP contribution in [-0.4, -0.2) is 13.2 Å². The minimum atomic E-state index is 0.933. The number of anilines is 2. The molecule has 1 N–H and O–H groups in total. The van der Waals surface area contributed by atoms with Crippen molar-refractivity contribution in [2.24, 2.45) is 0 Å². The molecule has 3 heteroatoms. The third-order valence-corrected chi connectivity index (χ3v) is 2.63. The van der Waals surface area contributed by atoms with Gasteiger partial charge in [0.15, 0.2) is 0 Å². The molecule has 1 aliphatic rings. The van der Waals surface area contributed by atoms with Crippen LogP contribution in [0.4, 0.5) is 11.4 Å². The molecule has 0 unspecified atom stereocenters. The topological polar surface area (TPSA) is 15.3 Å². The van der Waals surface area contributed by atoms with E-state index < -0.39 is 0 Å². The summed E-state index contributed by atoms with van der Waals surface area (Å²) in [7, 11) is 0. The molecule has 0 radical (unpaired) electrons. The lowest BCUT2D eigenvalue weighted by atomic mass is 10.3. The summed E-state index contributed by atoms with van der Waals surface area (Å²) in [5.41, 5.74) is 2.53. The standard InChI is InChI=1S/C9H11BrN2/c1-2-12-6-11-8-5-7(10)3-4-9(8)12/h3-5,11H,2,6H2,1H3. The number of rotatable bonds is 1. The Kier molecular flexibility index (Phi) is 1.97. The van der Waals surface area contributed by atoms with Gasteiger partial charge >= 0.3 is 0 Å². The van der Waals surface area contributed by atoms with Gasteiger partial charge in [-0.15, -0.1) is 0 Å². The molecule has 1 aromatic rings. The van der Waals surface area contributed by atoms with E-state index in [-0.39, 0.29) is 0 Å². The summed E-state index contributed by atoms with van der Waals surface area (Å²) in [5.74, 6) is 0. The van der Waals surface area contributed by atoms with Gasteiger partial charge in [-0.3, -0.25) is 0 Å². The van der Waals surface area contributed by atoms with Crippen LogP contribution in [0.2, 0.25) is 0 Å². The summed E-state index contributed by atoms with van der Waals surface area (Å²) in [6, 6.07) is 6.34. The molecule has 64 valence electrons. The molecule has 0 aromatic heterocycles. The fourth-order valence-electron chi connectivity index (χ4n) is 1.47. The van der Waals surface area contributed by atoms with E-state index in [0.29, 0.717) is 0 Å². The second kappa shape index (κ2) is 2.98. The molecule has 2 nitrogen and oxygen atoms in total. The van der Waals surface area contributed by atoms with Crippen LogP contribution >= 0.6 is 15.9 Å². The maximum absolute atomic E-state index is 3.45. The minimum Gasteiger partial charge on any atom is -0.366 e. The zero-order valence-corrected chi connectivity index (χ0v) is 8.56. The summed E-state index contributed by atoms with van der Waals surface area (Å²) in [5, 5.41) is 3.34. The van der Waals surface area contributed by atoms with E-state index >= 15 is 0 Å². The Morgan fingerprint density at radius 2 is 2.42 bits per heavy atom. The van der Waals surface area contributed by atoms with Gasteiger partial charge in [-0.1, -0.05) is 15.9 Å². The van der Waals surface area contributed by atoms with Crippen LogP contribution < -0.4 is 10.2 Å². The predicted octanol–water partition coefficient (Wildman–Crippen LogP) is 2.66. The highest BCUT2D eigenvalue weighted by molar-refractivity contribution is 9.10. The van der Waals surface area contributed by atoms with Gasteiger partial charge in [0.25, 0.3) is 0 Å². The smallest absolute Gasteiger partial charge is 0.0877 e. The fraction of sp³-hybridized carbons (Fsp3) is 0.333. The highest BCUT2D eigenvalue weighted by Crippen LogP contribution is 2.32. The first-order chi connectivity index (χ1) is 5.81. The summed E-state index contributed by atoms with van der Waals surface area (Å²) in [6.45, 7) is 4.16. The van der Waals surface area contributed by atoms with Gasteiger partial charge in [-0.25, -0.2) is 0 Å². The minimum absolute atomic E-state index is 0.933. The zero-order chi connectivity index (χ0) is 8.55. The molecule has 12 heavy (non-hydrogen) atoms. The number of hydrogen-bond donors (Lipinski definition) is 1. The molecule has 0 fully saturated rings. The lowest BCUT2D eigenvalue weighted by Crippen LogP contribution is -2.21. The molecule has 0 atom stereocenters. The molecule has 0 saturated heterocycles. The number of nitrogens with one attached hydrogen (secondary N) is 1. The van der Waals surface area contributed by atoms with Gasteiger partial charge in [0, 0.05) is 11.0 Å². The van der Waals surface area contributed by atoms with Gasteiger partial charge in [0.2, 0.25) is 0 Å². The van der Waals surface area contributed by atoms with Crippen molar-refractivity contribution >= 4 is 27.3 Å². The Hall–Kier alpha value is -0.700. The lowest BCUT2D eigenvalue weighted by Gasteiger charge is -2.14. The summed E-state index contributed by atoms with van der Waals surface area (Å²) in [6.07, 6.45) is 0. The first-order valence-corrected chi connectivity index (χ1v) is 4.89. The van der Waals surface area contributed by atoms with Crippen LogP contribution in [0.15, 0.2) is 22.7 Å². The molecule has 2 rings (SSSR count). The number of hydrogen-bond acceptors (Lipinski definition) is 2. The zero-order valence-electron chi connectivity index (χ0n) is 6.97. The molecule has 0 saturated carbocycles. The van der Waals surface area contributed by atoms with E-state index in [1.54, 1.807) is 0 Å². The Balaban J connectivity index is 2.40. The van der Waals surface area contributed by atoms with Crippen LogP contribution in [0.25, 0.3) is 0 Å². The van der Waals surface area contributed by atoms with Gasteiger partial charge < -0.3 is 10.2 Å². The number of halogens is 1. The monoisotopic (exact) mass is 226 g/mol. The number of benzene rings is 1. The normalized spacial score (nSPS) is 14.3. The molecule has 0 amide bonds. The number of nitrogens with zero attached hydrogens (tertiary/aromatic N) is 1. The van der Waals surface area contributed by atoms with E-state index in [9.17, 15) is 0 Å². The summed E-state index contributed by atoms with van der Waals surface area (Å²) < 4.78 is 1.13. The van der Waals surface area contributed by atoms with Crippen molar-refractivity contribution in [1.29, 1.82) is 0 Å². The average molecular weight is 227 g/mol. The SMILES string of the molecule is CCN1CNc2cc(Br)ccc21. The van der Waals surface area contributed by atoms with Crippen molar-refractivity contribution in [3.05, 3.63) is 22.7 Å². The maximum atomic E-state index is 3.45. The van der Waals surface area contributed by atoms with E-state index in [0.717, 1.165) is 17.7 Å².